The maximum absolute atomic E-state index is 12.7. The van der Waals surface area contributed by atoms with Crippen LogP contribution >= 0.6 is 11.6 Å². The van der Waals surface area contributed by atoms with Crippen molar-refractivity contribution < 1.29 is 18.0 Å². The van der Waals surface area contributed by atoms with Gasteiger partial charge in [0.1, 0.15) is 0 Å². The number of amides is 1. The first-order valence-corrected chi connectivity index (χ1v) is 6.97. The molecule has 0 aliphatic rings. The maximum atomic E-state index is 12.7. The van der Waals surface area contributed by atoms with Crippen molar-refractivity contribution in [2.24, 2.45) is 0 Å². The third-order valence-corrected chi connectivity index (χ3v) is 3.19. The van der Waals surface area contributed by atoms with Crippen LogP contribution in [0.15, 0.2) is 18.2 Å². The van der Waals surface area contributed by atoms with Crippen molar-refractivity contribution in [1.29, 1.82) is 0 Å². The SMILES string of the molecule is CCCCN(C)CC(=O)Nc1ccc(Cl)c(C(F)(F)F)c1. The smallest absolute Gasteiger partial charge is 0.325 e. The van der Waals surface area contributed by atoms with E-state index in [-0.39, 0.29) is 23.2 Å². The molecule has 0 unspecified atom stereocenters. The van der Waals surface area contributed by atoms with Crippen LogP contribution in [0.2, 0.25) is 5.02 Å². The molecular weight excluding hydrogens is 305 g/mol. The summed E-state index contributed by atoms with van der Waals surface area (Å²) in [6.45, 7) is 2.93. The van der Waals surface area contributed by atoms with Gasteiger partial charge in [0, 0.05) is 5.69 Å². The molecule has 0 atom stereocenters. The molecule has 0 aliphatic heterocycles. The Bertz CT molecular complexity index is 492. The first-order chi connectivity index (χ1) is 9.74. The lowest BCUT2D eigenvalue weighted by molar-refractivity contribution is -0.137. The molecule has 0 fully saturated rings. The summed E-state index contributed by atoms with van der Waals surface area (Å²) >= 11 is 5.52. The molecule has 1 N–H and O–H groups in total. The second-order valence-corrected chi connectivity index (χ2v) is 5.24. The standard InChI is InChI=1S/C14H18ClF3N2O/c1-3-4-7-20(2)9-13(21)19-10-5-6-12(15)11(8-10)14(16,17)18/h5-6,8H,3-4,7,9H2,1-2H3,(H,19,21). The van der Waals surface area contributed by atoms with Gasteiger partial charge in [-0.25, -0.2) is 0 Å². The van der Waals surface area contributed by atoms with Crippen LogP contribution in [0.4, 0.5) is 18.9 Å². The van der Waals surface area contributed by atoms with Crippen molar-refractivity contribution in [2.75, 3.05) is 25.5 Å². The zero-order chi connectivity index (χ0) is 16.0. The molecule has 3 nitrogen and oxygen atoms in total. The highest BCUT2D eigenvalue weighted by molar-refractivity contribution is 6.31. The van der Waals surface area contributed by atoms with Gasteiger partial charge >= 0.3 is 6.18 Å². The summed E-state index contributed by atoms with van der Waals surface area (Å²) in [5, 5.41) is 2.06. The van der Waals surface area contributed by atoms with Crippen molar-refractivity contribution >= 4 is 23.2 Å². The summed E-state index contributed by atoms with van der Waals surface area (Å²) < 4.78 is 38.1. The molecule has 0 bridgehead atoms. The summed E-state index contributed by atoms with van der Waals surface area (Å²) in [5.74, 6) is -0.357. The van der Waals surface area contributed by atoms with Gasteiger partial charge in [0.25, 0.3) is 0 Å². The molecule has 1 amide bonds. The molecular formula is C14H18ClF3N2O. The van der Waals surface area contributed by atoms with Gasteiger partial charge in [-0.15, -0.1) is 0 Å². The molecule has 0 spiro atoms. The molecule has 1 aromatic rings. The van der Waals surface area contributed by atoms with Crippen LogP contribution in [-0.2, 0) is 11.0 Å². The topological polar surface area (TPSA) is 32.3 Å². The highest BCUT2D eigenvalue weighted by atomic mass is 35.5. The number of benzene rings is 1. The Hall–Kier alpha value is -1.27. The summed E-state index contributed by atoms with van der Waals surface area (Å²) in [6, 6.07) is 3.31. The Labute approximate surface area is 127 Å². The van der Waals surface area contributed by atoms with Gasteiger partial charge in [0.2, 0.25) is 5.91 Å². The van der Waals surface area contributed by atoms with Gasteiger partial charge in [0.05, 0.1) is 17.1 Å². The minimum Gasteiger partial charge on any atom is -0.325 e. The van der Waals surface area contributed by atoms with E-state index >= 15 is 0 Å². The summed E-state index contributed by atoms with van der Waals surface area (Å²) in [6.07, 6.45) is -2.57. The van der Waals surface area contributed by atoms with Crippen LogP contribution in [-0.4, -0.2) is 30.9 Å². The van der Waals surface area contributed by atoms with Gasteiger partial charge in [-0.1, -0.05) is 24.9 Å². The summed E-state index contributed by atoms with van der Waals surface area (Å²) in [5.41, 5.74) is -0.873. The van der Waals surface area contributed by atoms with E-state index in [0.717, 1.165) is 31.5 Å². The number of carbonyl (C=O) groups excluding carboxylic acids is 1. The lowest BCUT2D eigenvalue weighted by Crippen LogP contribution is -2.30. The number of rotatable bonds is 6. The van der Waals surface area contributed by atoms with Crippen LogP contribution in [0.1, 0.15) is 25.3 Å². The van der Waals surface area contributed by atoms with E-state index in [4.69, 9.17) is 11.6 Å². The highest BCUT2D eigenvalue weighted by Crippen LogP contribution is 2.36. The van der Waals surface area contributed by atoms with E-state index in [0.29, 0.717) is 0 Å². The van der Waals surface area contributed by atoms with Crippen molar-refractivity contribution in [3.8, 4) is 0 Å². The van der Waals surface area contributed by atoms with E-state index in [9.17, 15) is 18.0 Å². The molecule has 21 heavy (non-hydrogen) atoms. The van der Waals surface area contributed by atoms with E-state index in [1.165, 1.54) is 6.07 Å². The third-order valence-electron chi connectivity index (χ3n) is 2.86. The number of halogens is 4. The van der Waals surface area contributed by atoms with E-state index < -0.39 is 11.7 Å². The number of alkyl halides is 3. The van der Waals surface area contributed by atoms with Gasteiger partial charge in [-0.3, -0.25) is 9.69 Å². The molecule has 0 aliphatic carbocycles. The molecule has 0 saturated carbocycles. The fraction of sp³-hybridized carbons (Fsp3) is 0.500. The molecule has 0 aromatic heterocycles. The average Bonchev–Trinajstić information content (AvgIpc) is 2.37. The highest BCUT2D eigenvalue weighted by Gasteiger charge is 2.33. The number of likely N-dealkylation sites (N-methyl/N-ethyl adjacent to an activating group) is 1. The van der Waals surface area contributed by atoms with Gasteiger partial charge in [-0.2, -0.15) is 13.2 Å². The Morgan fingerprint density at radius 2 is 2.05 bits per heavy atom. The third kappa shape index (κ3) is 5.93. The molecule has 118 valence electrons. The first kappa shape index (κ1) is 17.8. The van der Waals surface area contributed by atoms with E-state index in [1.807, 2.05) is 11.8 Å². The fourth-order valence-electron chi connectivity index (χ4n) is 1.77. The lowest BCUT2D eigenvalue weighted by Gasteiger charge is -2.16. The van der Waals surface area contributed by atoms with Crippen LogP contribution in [0, 0.1) is 0 Å². The van der Waals surface area contributed by atoms with E-state index in [2.05, 4.69) is 5.32 Å². The second kappa shape index (κ2) is 7.66. The molecule has 7 heteroatoms. The van der Waals surface area contributed by atoms with Crippen LogP contribution < -0.4 is 5.32 Å². The van der Waals surface area contributed by atoms with Gasteiger partial charge < -0.3 is 5.32 Å². The predicted molar refractivity (Wildman–Crippen MR) is 77.5 cm³/mol. The normalized spacial score (nSPS) is 11.8. The number of carbonyl (C=O) groups is 1. The number of unbranched alkanes of at least 4 members (excludes halogenated alkanes) is 1. The minimum absolute atomic E-state index is 0.0839. The zero-order valence-corrected chi connectivity index (χ0v) is 12.7. The van der Waals surface area contributed by atoms with Crippen molar-refractivity contribution in [1.82, 2.24) is 4.90 Å². The van der Waals surface area contributed by atoms with Crippen molar-refractivity contribution in [2.45, 2.75) is 25.9 Å². The molecule has 0 saturated heterocycles. The minimum atomic E-state index is -4.55. The van der Waals surface area contributed by atoms with Gasteiger partial charge in [0.15, 0.2) is 0 Å². The largest absolute Gasteiger partial charge is 0.417 e. The Kier molecular flexibility index (Phi) is 6.48. The maximum Gasteiger partial charge on any atom is 0.417 e. The fourth-order valence-corrected chi connectivity index (χ4v) is 2.00. The van der Waals surface area contributed by atoms with Crippen LogP contribution in [0.3, 0.4) is 0 Å². The molecule has 0 radical (unpaired) electrons. The monoisotopic (exact) mass is 322 g/mol. The Morgan fingerprint density at radius 3 is 2.62 bits per heavy atom. The number of nitrogens with one attached hydrogen (secondary N) is 1. The Balaban J connectivity index is 2.69. The van der Waals surface area contributed by atoms with Gasteiger partial charge in [-0.05, 0) is 38.2 Å². The van der Waals surface area contributed by atoms with Crippen molar-refractivity contribution in [3.05, 3.63) is 28.8 Å². The lowest BCUT2D eigenvalue weighted by atomic mass is 10.2. The molecule has 1 aromatic carbocycles. The van der Waals surface area contributed by atoms with Crippen LogP contribution in [0.5, 0.6) is 0 Å². The predicted octanol–water partition coefficient (Wildman–Crippen LogP) is 4.03. The number of nitrogens with zero attached hydrogens (tertiary/aromatic N) is 1. The zero-order valence-electron chi connectivity index (χ0n) is 11.9. The average molecular weight is 323 g/mol. The quantitative estimate of drug-likeness (QED) is 0.857. The summed E-state index contributed by atoms with van der Waals surface area (Å²) in [7, 11) is 1.79. The Morgan fingerprint density at radius 1 is 1.38 bits per heavy atom. The molecule has 1 rings (SSSR count). The van der Waals surface area contributed by atoms with Crippen molar-refractivity contribution in [3.63, 3.8) is 0 Å². The van der Waals surface area contributed by atoms with Crippen LogP contribution in [0.25, 0.3) is 0 Å². The first-order valence-electron chi connectivity index (χ1n) is 6.59. The number of hydrogen-bond donors (Lipinski definition) is 1. The van der Waals surface area contributed by atoms with E-state index in [1.54, 1.807) is 7.05 Å². The summed E-state index contributed by atoms with van der Waals surface area (Å²) in [4.78, 5) is 13.6. The second-order valence-electron chi connectivity index (χ2n) is 4.83. The number of hydrogen-bond acceptors (Lipinski definition) is 2. The number of anilines is 1. The molecule has 0 heterocycles.